The third-order valence-corrected chi connectivity index (χ3v) is 5.32. The first kappa shape index (κ1) is 21.8. The molecule has 1 amide bonds. The van der Waals surface area contributed by atoms with Gasteiger partial charge in [0.05, 0.1) is 11.2 Å². The van der Waals surface area contributed by atoms with Crippen LogP contribution in [0.15, 0.2) is 24.3 Å². The summed E-state index contributed by atoms with van der Waals surface area (Å²) in [4.78, 5) is 11.9. The van der Waals surface area contributed by atoms with Crippen molar-refractivity contribution in [1.82, 2.24) is 5.32 Å². The SMILES string of the molecule is CCC(CNC(=O)OC(C)(C)C)c1ccc(B2OC(C)(C)C(C)(C)O2)cc1. The van der Waals surface area contributed by atoms with Crippen LogP contribution in [0.2, 0.25) is 0 Å². The molecule has 1 heterocycles. The number of amides is 1. The van der Waals surface area contributed by atoms with E-state index in [0.717, 1.165) is 11.9 Å². The average Bonchev–Trinajstić information content (AvgIpc) is 2.75. The van der Waals surface area contributed by atoms with Crippen LogP contribution >= 0.6 is 0 Å². The molecule has 0 aliphatic carbocycles. The summed E-state index contributed by atoms with van der Waals surface area (Å²) in [7, 11) is -0.357. The second kappa shape index (κ2) is 7.84. The highest BCUT2D eigenvalue weighted by Gasteiger charge is 2.51. The molecule has 0 aromatic heterocycles. The monoisotopic (exact) mass is 375 g/mol. The lowest BCUT2D eigenvalue weighted by molar-refractivity contribution is 0.00578. The van der Waals surface area contributed by atoms with Gasteiger partial charge in [-0.15, -0.1) is 0 Å². The number of hydrogen-bond acceptors (Lipinski definition) is 4. The molecule has 0 spiro atoms. The van der Waals surface area contributed by atoms with Crippen LogP contribution in [-0.2, 0) is 14.0 Å². The first-order chi connectivity index (χ1) is 12.3. The van der Waals surface area contributed by atoms with Gasteiger partial charge in [0.25, 0.3) is 0 Å². The van der Waals surface area contributed by atoms with Gasteiger partial charge in [-0.1, -0.05) is 31.2 Å². The Morgan fingerprint density at radius 3 is 2.07 bits per heavy atom. The molecule has 1 atom stereocenters. The molecule has 0 bridgehead atoms. The van der Waals surface area contributed by atoms with E-state index in [1.807, 2.05) is 32.9 Å². The zero-order valence-electron chi connectivity index (χ0n) is 18.0. The Labute approximate surface area is 164 Å². The van der Waals surface area contributed by atoms with Crippen molar-refractivity contribution in [3.8, 4) is 0 Å². The van der Waals surface area contributed by atoms with E-state index in [9.17, 15) is 4.79 Å². The van der Waals surface area contributed by atoms with Gasteiger partial charge in [0.2, 0.25) is 0 Å². The van der Waals surface area contributed by atoms with E-state index < -0.39 is 5.60 Å². The van der Waals surface area contributed by atoms with Gasteiger partial charge in [0, 0.05) is 12.5 Å². The normalized spacial score (nSPS) is 19.6. The van der Waals surface area contributed by atoms with Crippen molar-refractivity contribution in [2.24, 2.45) is 0 Å². The number of rotatable bonds is 5. The third-order valence-electron chi connectivity index (χ3n) is 5.32. The van der Waals surface area contributed by atoms with Crippen LogP contribution in [-0.4, -0.2) is 36.6 Å². The molecule has 1 N–H and O–H groups in total. The van der Waals surface area contributed by atoms with E-state index in [1.165, 1.54) is 5.56 Å². The number of carbonyl (C=O) groups is 1. The molecular formula is C21H34BNO4. The van der Waals surface area contributed by atoms with E-state index in [4.69, 9.17) is 14.0 Å². The summed E-state index contributed by atoms with van der Waals surface area (Å²) in [6.07, 6.45) is 0.542. The summed E-state index contributed by atoms with van der Waals surface area (Å²) in [6, 6.07) is 8.28. The number of ether oxygens (including phenoxy) is 1. The molecule has 2 rings (SSSR count). The largest absolute Gasteiger partial charge is 0.494 e. The summed E-state index contributed by atoms with van der Waals surface area (Å²) in [6.45, 7) is 16.4. The van der Waals surface area contributed by atoms with Gasteiger partial charge in [-0.25, -0.2) is 4.79 Å². The van der Waals surface area contributed by atoms with Crippen molar-refractivity contribution >= 4 is 18.7 Å². The van der Waals surface area contributed by atoms with Gasteiger partial charge in [0.1, 0.15) is 5.60 Å². The van der Waals surface area contributed by atoms with Crippen LogP contribution in [0.1, 0.15) is 73.3 Å². The maximum atomic E-state index is 11.9. The molecule has 6 heteroatoms. The molecular weight excluding hydrogens is 341 g/mol. The minimum absolute atomic E-state index is 0.227. The number of alkyl carbamates (subject to hydrolysis) is 1. The van der Waals surface area contributed by atoms with Crippen molar-refractivity contribution in [3.63, 3.8) is 0 Å². The molecule has 1 aliphatic rings. The average molecular weight is 375 g/mol. The molecule has 1 saturated heterocycles. The van der Waals surface area contributed by atoms with Crippen LogP contribution in [0.5, 0.6) is 0 Å². The topological polar surface area (TPSA) is 56.8 Å². The summed E-state index contributed by atoms with van der Waals surface area (Å²) in [5.74, 6) is 0.227. The highest BCUT2D eigenvalue weighted by molar-refractivity contribution is 6.62. The molecule has 1 aliphatic heterocycles. The Balaban J connectivity index is 2.00. The van der Waals surface area contributed by atoms with Gasteiger partial charge in [-0.2, -0.15) is 0 Å². The predicted molar refractivity (Wildman–Crippen MR) is 109 cm³/mol. The van der Waals surface area contributed by atoms with Crippen molar-refractivity contribution in [3.05, 3.63) is 29.8 Å². The highest BCUT2D eigenvalue weighted by atomic mass is 16.7. The molecule has 0 saturated carbocycles. The Kier molecular flexibility index (Phi) is 6.32. The van der Waals surface area contributed by atoms with Crippen LogP contribution in [0.4, 0.5) is 4.79 Å². The maximum Gasteiger partial charge on any atom is 0.494 e. The summed E-state index contributed by atoms with van der Waals surface area (Å²) < 4.78 is 17.5. The van der Waals surface area contributed by atoms with Gasteiger partial charge >= 0.3 is 13.2 Å². The number of benzene rings is 1. The van der Waals surface area contributed by atoms with Crippen LogP contribution in [0.25, 0.3) is 0 Å². The molecule has 150 valence electrons. The molecule has 1 unspecified atom stereocenters. The van der Waals surface area contributed by atoms with Crippen LogP contribution < -0.4 is 10.8 Å². The molecule has 1 aromatic carbocycles. The van der Waals surface area contributed by atoms with Crippen molar-refractivity contribution in [2.75, 3.05) is 6.54 Å². The van der Waals surface area contributed by atoms with Gasteiger partial charge < -0.3 is 19.4 Å². The molecule has 5 nitrogen and oxygen atoms in total. The van der Waals surface area contributed by atoms with E-state index in [1.54, 1.807) is 0 Å². The molecule has 1 aromatic rings. The maximum absolute atomic E-state index is 11.9. The summed E-state index contributed by atoms with van der Waals surface area (Å²) in [5, 5.41) is 2.87. The highest BCUT2D eigenvalue weighted by Crippen LogP contribution is 2.36. The zero-order chi connectivity index (χ0) is 20.5. The lowest BCUT2D eigenvalue weighted by atomic mass is 9.78. The second-order valence-electron chi connectivity index (χ2n) is 9.24. The minimum Gasteiger partial charge on any atom is -0.444 e. The quantitative estimate of drug-likeness (QED) is 0.791. The number of nitrogens with one attached hydrogen (secondary N) is 1. The zero-order valence-corrected chi connectivity index (χ0v) is 18.0. The van der Waals surface area contributed by atoms with E-state index >= 15 is 0 Å². The molecule has 27 heavy (non-hydrogen) atoms. The van der Waals surface area contributed by atoms with E-state index in [2.05, 4.69) is 52.1 Å². The summed E-state index contributed by atoms with van der Waals surface area (Å²) in [5.41, 5.74) is 0.997. The predicted octanol–water partition coefficient (Wildman–Crippen LogP) is 4.00. The lowest BCUT2D eigenvalue weighted by Gasteiger charge is -2.32. The first-order valence-corrected chi connectivity index (χ1v) is 9.77. The fourth-order valence-electron chi connectivity index (χ4n) is 2.92. The van der Waals surface area contributed by atoms with Gasteiger partial charge in [0.15, 0.2) is 0 Å². The molecule has 0 radical (unpaired) electrons. The Morgan fingerprint density at radius 1 is 1.11 bits per heavy atom. The Morgan fingerprint density at radius 2 is 1.63 bits per heavy atom. The Hall–Kier alpha value is -1.53. The smallest absolute Gasteiger partial charge is 0.444 e. The number of hydrogen-bond donors (Lipinski definition) is 1. The first-order valence-electron chi connectivity index (χ1n) is 9.77. The van der Waals surface area contributed by atoms with Crippen molar-refractivity contribution < 1.29 is 18.8 Å². The van der Waals surface area contributed by atoms with Gasteiger partial charge in [-0.05, 0) is 65.9 Å². The third kappa shape index (κ3) is 5.49. The lowest BCUT2D eigenvalue weighted by Crippen LogP contribution is -2.41. The van der Waals surface area contributed by atoms with Crippen LogP contribution in [0.3, 0.4) is 0 Å². The van der Waals surface area contributed by atoms with Gasteiger partial charge in [-0.3, -0.25) is 0 Å². The Bertz CT molecular complexity index is 633. The number of carbonyl (C=O) groups excluding carboxylic acids is 1. The van der Waals surface area contributed by atoms with Crippen molar-refractivity contribution in [2.45, 2.75) is 84.5 Å². The van der Waals surface area contributed by atoms with Crippen molar-refractivity contribution in [1.29, 1.82) is 0 Å². The second-order valence-corrected chi connectivity index (χ2v) is 9.24. The fraction of sp³-hybridized carbons (Fsp3) is 0.667. The van der Waals surface area contributed by atoms with Crippen LogP contribution in [0, 0.1) is 0 Å². The van der Waals surface area contributed by atoms with E-state index in [0.29, 0.717) is 6.54 Å². The summed E-state index contributed by atoms with van der Waals surface area (Å²) >= 11 is 0. The fourth-order valence-corrected chi connectivity index (χ4v) is 2.92. The standard InChI is InChI=1S/C21H34BNO4/c1-9-15(14-23-18(24)25-19(2,3)4)16-10-12-17(13-11-16)22-26-20(5,6)21(7,8)27-22/h10-13,15H,9,14H2,1-8H3,(H,23,24). The molecule has 1 fully saturated rings. The van der Waals surface area contributed by atoms with E-state index in [-0.39, 0.29) is 30.3 Å². The minimum atomic E-state index is -0.490.